The Labute approximate surface area is 247 Å². The van der Waals surface area contributed by atoms with Gasteiger partial charge in [0, 0.05) is 24.0 Å². The summed E-state index contributed by atoms with van der Waals surface area (Å²) in [6.45, 7) is 1.08. The number of carbonyl (C=O) groups excluding carboxylic acids is 3. The number of ether oxygens (including phenoxy) is 1. The first-order chi connectivity index (χ1) is 19.9. The molecule has 3 amide bonds. The van der Waals surface area contributed by atoms with Gasteiger partial charge in [0.05, 0.1) is 12.6 Å². The van der Waals surface area contributed by atoms with Crippen LogP contribution >= 0.6 is 11.6 Å². The zero-order chi connectivity index (χ0) is 29.0. The molecule has 0 spiro atoms. The van der Waals surface area contributed by atoms with Crippen molar-refractivity contribution in [2.75, 3.05) is 19.7 Å². The van der Waals surface area contributed by atoms with E-state index >= 15 is 0 Å². The van der Waals surface area contributed by atoms with Crippen molar-refractivity contribution in [3.63, 3.8) is 0 Å². The first kappa shape index (κ1) is 30.8. The number of nitrogens with zero attached hydrogens (tertiary/aromatic N) is 1. The van der Waals surface area contributed by atoms with Gasteiger partial charge in [-0.2, -0.15) is 0 Å². The number of hydrogen-bond acceptors (Lipinski definition) is 5. The summed E-state index contributed by atoms with van der Waals surface area (Å²) in [6.07, 6.45) is 7.12. The van der Waals surface area contributed by atoms with Crippen LogP contribution in [0.4, 0.5) is 4.79 Å². The van der Waals surface area contributed by atoms with E-state index in [-0.39, 0.29) is 30.9 Å². The van der Waals surface area contributed by atoms with Gasteiger partial charge in [0.15, 0.2) is 0 Å². The SMILES string of the molecule is O=C(N[C@@H](CC1CCCCC1)C(=O)NC(CO)CC1CCN(CCc2ccccc2)C1=O)OCc1cccc(Cl)c1. The van der Waals surface area contributed by atoms with Gasteiger partial charge in [0.2, 0.25) is 11.8 Å². The van der Waals surface area contributed by atoms with Crippen LogP contribution in [0.1, 0.15) is 62.5 Å². The lowest BCUT2D eigenvalue weighted by Crippen LogP contribution is -2.52. The summed E-state index contributed by atoms with van der Waals surface area (Å²) in [5, 5.41) is 16.3. The molecule has 1 saturated carbocycles. The number of alkyl carbamates (subject to hydrolysis) is 1. The Morgan fingerprint density at radius 1 is 0.976 bits per heavy atom. The number of carbonyl (C=O) groups is 3. The van der Waals surface area contributed by atoms with Crippen LogP contribution in [-0.2, 0) is 27.4 Å². The Bertz CT molecular complexity index is 1140. The number of likely N-dealkylation sites (tertiary alicyclic amines) is 1. The zero-order valence-electron chi connectivity index (χ0n) is 23.6. The van der Waals surface area contributed by atoms with Crippen molar-refractivity contribution in [1.29, 1.82) is 0 Å². The Hall–Kier alpha value is -3.10. The average molecular weight is 584 g/mol. The van der Waals surface area contributed by atoms with E-state index < -0.39 is 18.2 Å². The molecular formula is C32H42ClN3O5. The Morgan fingerprint density at radius 3 is 2.46 bits per heavy atom. The lowest BCUT2D eigenvalue weighted by Gasteiger charge is -2.28. The van der Waals surface area contributed by atoms with Gasteiger partial charge >= 0.3 is 6.09 Å². The number of hydrogen-bond donors (Lipinski definition) is 3. The second-order valence-electron chi connectivity index (χ2n) is 11.3. The van der Waals surface area contributed by atoms with E-state index in [1.165, 1.54) is 12.0 Å². The predicted molar refractivity (Wildman–Crippen MR) is 158 cm³/mol. The predicted octanol–water partition coefficient (Wildman–Crippen LogP) is 4.86. The van der Waals surface area contributed by atoms with E-state index in [1.807, 2.05) is 29.2 Å². The van der Waals surface area contributed by atoms with Gasteiger partial charge in [-0.05, 0) is 54.9 Å². The fraction of sp³-hybridized carbons (Fsp3) is 0.531. The molecule has 1 aliphatic carbocycles. The molecule has 0 bridgehead atoms. The lowest BCUT2D eigenvalue weighted by atomic mass is 9.84. The third-order valence-corrected chi connectivity index (χ3v) is 8.45. The maximum atomic E-state index is 13.4. The molecule has 2 unspecified atom stereocenters. The molecule has 1 heterocycles. The van der Waals surface area contributed by atoms with Crippen molar-refractivity contribution >= 4 is 29.5 Å². The van der Waals surface area contributed by atoms with Gasteiger partial charge in [0.25, 0.3) is 0 Å². The highest BCUT2D eigenvalue weighted by molar-refractivity contribution is 6.30. The minimum absolute atomic E-state index is 0.0357. The molecule has 2 aromatic rings. The molecule has 222 valence electrons. The number of nitrogens with one attached hydrogen (secondary N) is 2. The summed E-state index contributed by atoms with van der Waals surface area (Å²) in [4.78, 5) is 41.0. The molecule has 0 aromatic heterocycles. The summed E-state index contributed by atoms with van der Waals surface area (Å²) in [6, 6.07) is 15.8. The van der Waals surface area contributed by atoms with Crippen LogP contribution in [0.2, 0.25) is 5.02 Å². The van der Waals surface area contributed by atoms with Crippen molar-refractivity contribution in [3.8, 4) is 0 Å². The molecule has 9 heteroatoms. The fourth-order valence-electron chi connectivity index (χ4n) is 5.92. The molecule has 3 atom stereocenters. The Kier molecular flexibility index (Phi) is 11.9. The second kappa shape index (κ2) is 15.8. The topological polar surface area (TPSA) is 108 Å². The summed E-state index contributed by atoms with van der Waals surface area (Å²) in [7, 11) is 0. The van der Waals surface area contributed by atoms with E-state index in [9.17, 15) is 19.5 Å². The number of benzene rings is 2. The third kappa shape index (κ3) is 9.75. The second-order valence-corrected chi connectivity index (χ2v) is 11.7. The number of amides is 3. The van der Waals surface area contributed by atoms with Gasteiger partial charge in [-0.3, -0.25) is 9.59 Å². The monoisotopic (exact) mass is 583 g/mol. The van der Waals surface area contributed by atoms with Gasteiger partial charge in [0.1, 0.15) is 12.6 Å². The van der Waals surface area contributed by atoms with Crippen molar-refractivity contribution in [1.82, 2.24) is 15.5 Å². The Morgan fingerprint density at radius 2 is 1.73 bits per heavy atom. The summed E-state index contributed by atoms with van der Waals surface area (Å²) < 4.78 is 5.38. The molecule has 41 heavy (non-hydrogen) atoms. The number of halogens is 1. The van der Waals surface area contributed by atoms with Crippen LogP contribution in [-0.4, -0.2) is 59.7 Å². The van der Waals surface area contributed by atoms with Crippen molar-refractivity contribution in [2.45, 2.75) is 76.5 Å². The van der Waals surface area contributed by atoms with E-state index in [0.29, 0.717) is 43.3 Å². The summed E-state index contributed by atoms with van der Waals surface area (Å²) >= 11 is 6.02. The third-order valence-electron chi connectivity index (χ3n) is 8.22. The van der Waals surface area contributed by atoms with E-state index in [2.05, 4.69) is 22.8 Å². The fourth-order valence-corrected chi connectivity index (χ4v) is 6.14. The van der Waals surface area contributed by atoms with Crippen molar-refractivity contribution < 1.29 is 24.2 Å². The van der Waals surface area contributed by atoms with Crippen LogP contribution < -0.4 is 10.6 Å². The summed E-state index contributed by atoms with van der Waals surface area (Å²) in [5.41, 5.74) is 1.94. The standard InChI is InChI=1S/C32H42ClN3O5/c33-27-13-7-12-25(18-27)22-41-32(40)35-29(19-24-10-5-2-6-11-24)30(38)34-28(21-37)20-26-15-17-36(31(26)39)16-14-23-8-3-1-4-9-23/h1,3-4,7-9,12-13,18,24,26,28-29,37H,2,5-6,10-11,14-17,19-22H2,(H,34,38)(H,35,40)/t26?,28?,29-/m0/s1. The lowest BCUT2D eigenvalue weighted by molar-refractivity contribution is -0.132. The highest BCUT2D eigenvalue weighted by atomic mass is 35.5. The van der Waals surface area contributed by atoms with Crippen LogP contribution in [0.15, 0.2) is 54.6 Å². The molecule has 1 saturated heterocycles. The molecule has 8 nitrogen and oxygen atoms in total. The van der Waals surface area contributed by atoms with Crippen molar-refractivity contribution in [3.05, 3.63) is 70.7 Å². The van der Waals surface area contributed by atoms with E-state index in [1.54, 1.807) is 18.2 Å². The minimum atomic E-state index is -0.791. The van der Waals surface area contributed by atoms with Crippen molar-refractivity contribution in [2.24, 2.45) is 11.8 Å². The normalized spacial score (nSPS) is 19.0. The van der Waals surface area contributed by atoms with E-state index in [0.717, 1.165) is 37.7 Å². The number of aliphatic hydroxyl groups excluding tert-OH is 1. The first-order valence-corrected chi connectivity index (χ1v) is 15.2. The number of aliphatic hydroxyl groups is 1. The maximum Gasteiger partial charge on any atom is 0.408 e. The maximum absolute atomic E-state index is 13.4. The van der Waals surface area contributed by atoms with Crippen LogP contribution in [0, 0.1) is 11.8 Å². The highest BCUT2D eigenvalue weighted by Gasteiger charge is 2.34. The van der Waals surface area contributed by atoms with E-state index in [4.69, 9.17) is 16.3 Å². The molecule has 3 N–H and O–H groups in total. The molecule has 2 aromatic carbocycles. The van der Waals surface area contributed by atoms with Gasteiger partial charge in [-0.1, -0.05) is 86.2 Å². The van der Waals surface area contributed by atoms with Crippen LogP contribution in [0.3, 0.4) is 0 Å². The molecule has 2 fully saturated rings. The van der Waals surface area contributed by atoms with Crippen LogP contribution in [0.5, 0.6) is 0 Å². The molecule has 4 rings (SSSR count). The minimum Gasteiger partial charge on any atom is -0.445 e. The zero-order valence-corrected chi connectivity index (χ0v) is 24.4. The van der Waals surface area contributed by atoms with Gasteiger partial charge in [-0.25, -0.2) is 4.79 Å². The number of rotatable bonds is 13. The molecular weight excluding hydrogens is 542 g/mol. The quantitative estimate of drug-likeness (QED) is 0.312. The highest BCUT2D eigenvalue weighted by Crippen LogP contribution is 2.28. The molecule has 0 radical (unpaired) electrons. The van der Waals surface area contributed by atoms with Gasteiger partial charge in [-0.15, -0.1) is 0 Å². The van der Waals surface area contributed by atoms with Crippen LogP contribution in [0.25, 0.3) is 0 Å². The Balaban J connectivity index is 1.31. The van der Waals surface area contributed by atoms with Gasteiger partial charge < -0.3 is 25.4 Å². The summed E-state index contributed by atoms with van der Waals surface area (Å²) in [5.74, 6) is -0.221. The first-order valence-electron chi connectivity index (χ1n) is 14.8. The molecule has 1 aliphatic heterocycles. The average Bonchev–Trinajstić information content (AvgIpc) is 3.33. The smallest absolute Gasteiger partial charge is 0.408 e. The molecule has 2 aliphatic rings. The largest absolute Gasteiger partial charge is 0.445 e.